The van der Waals surface area contributed by atoms with Gasteiger partial charge in [-0.25, -0.2) is 4.99 Å². The van der Waals surface area contributed by atoms with Crippen LogP contribution < -0.4 is 5.32 Å². The van der Waals surface area contributed by atoms with E-state index in [0.29, 0.717) is 6.17 Å². The van der Waals surface area contributed by atoms with E-state index >= 15 is 0 Å². The molecule has 2 unspecified atom stereocenters. The number of unbranched alkanes of at least 4 members (excludes halogenated alkanes) is 3. The molecule has 1 aliphatic rings. The molecule has 0 saturated carbocycles. The van der Waals surface area contributed by atoms with Crippen LogP contribution in [-0.4, -0.2) is 48.9 Å². The number of allylic oxidation sites excluding steroid dienone is 2. The molecule has 0 bridgehead atoms. The number of likely N-dealkylation sites (N-methyl/N-ethyl adjacent to an activating group) is 1. The minimum atomic E-state index is 0.0600. The zero-order chi connectivity index (χ0) is 16.3. The molecule has 0 aliphatic carbocycles. The number of aliphatic imine (C=N–C) groups is 1. The summed E-state index contributed by atoms with van der Waals surface area (Å²) in [6.45, 7) is 9.87. The van der Waals surface area contributed by atoms with Gasteiger partial charge >= 0.3 is 0 Å². The van der Waals surface area contributed by atoms with Gasteiger partial charge in [0.25, 0.3) is 0 Å². The lowest BCUT2D eigenvalue weighted by atomic mass is 10.1. The first-order chi connectivity index (χ1) is 10.6. The Hall–Kier alpha value is -1.16. The fraction of sp³-hybridized carbons (Fsp3) is 0.778. The predicted octanol–water partition coefficient (Wildman–Crippen LogP) is 3.29. The van der Waals surface area contributed by atoms with E-state index in [1.165, 1.54) is 32.1 Å². The number of amides is 1. The first kappa shape index (κ1) is 18.9. The van der Waals surface area contributed by atoms with Gasteiger partial charge in [0.2, 0.25) is 5.91 Å². The topological polar surface area (TPSA) is 41.5 Å². The normalized spacial score (nSPS) is 24.2. The molecule has 1 aliphatic heterocycles. The Bertz CT molecular complexity index is 379. The minimum Gasteiger partial charge on any atom is -0.351 e. The van der Waals surface area contributed by atoms with Crippen molar-refractivity contribution in [3.8, 4) is 0 Å². The van der Waals surface area contributed by atoms with Crippen LogP contribution in [0.5, 0.6) is 0 Å². The highest BCUT2D eigenvalue weighted by Gasteiger charge is 2.37. The monoisotopic (exact) mass is 308 g/mol. The molecule has 1 amide bonds. The van der Waals surface area contributed by atoms with Gasteiger partial charge in [0.15, 0.2) is 6.17 Å². The van der Waals surface area contributed by atoms with Gasteiger partial charge in [0, 0.05) is 13.3 Å². The van der Waals surface area contributed by atoms with E-state index < -0.39 is 0 Å². The largest absolute Gasteiger partial charge is 0.351 e. The van der Waals surface area contributed by atoms with Crippen molar-refractivity contribution in [1.82, 2.24) is 5.32 Å². The molecule has 1 N–H and O–H groups in total. The maximum atomic E-state index is 11.1. The lowest BCUT2D eigenvalue weighted by Crippen LogP contribution is -2.55. The van der Waals surface area contributed by atoms with Crippen molar-refractivity contribution >= 4 is 12.1 Å². The molecule has 22 heavy (non-hydrogen) atoms. The number of nitrogens with zero attached hydrogens (tertiary/aromatic N) is 2. The van der Waals surface area contributed by atoms with Gasteiger partial charge < -0.3 is 5.32 Å². The smallest absolute Gasteiger partial charge is 0.217 e. The molecule has 0 aromatic rings. The summed E-state index contributed by atoms with van der Waals surface area (Å²) < 4.78 is 1.01. The van der Waals surface area contributed by atoms with E-state index in [4.69, 9.17) is 4.99 Å². The molecule has 2 atom stereocenters. The van der Waals surface area contributed by atoms with Crippen LogP contribution in [0.2, 0.25) is 0 Å². The number of rotatable bonds is 11. The van der Waals surface area contributed by atoms with Gasteiger partial charge in [-0.3, -0.25) is 9.28 Å². The average Bonchev–Trinajstić information content (AvgIpc) is 2.89. The molecule has 126 valence electrons. The van der Waals surface area contributed by atoms with Crippen LogP contribution in [0.3, 0.4) is 0 Å². The van der Waals surface area contributed by atoms with Crippen LogP contribution in [0.4, 0.5) is 0 Å². The van der Waals surface area contributed by atoms with E-state index in [1.54, 1.807) is 6.92 Å². The van der Waals surface area contributed by atoms with E-state index in [-0.39, 0.29) is 5.91 Å². The predicted molar refractivity (Wildman–Crippen MR) is 94.0 cm³/mol. The van der Waals surface area contributed by atoms with Gasteiger partial charge in [-0.2, -0.15) is 0 Å². The summed E-state index contributed by atoms with van der Waals surface area (Å²) in [5.41, 5.74) is 0. The minimum absolute atomic E-state index is 0.0600. The summed E-state index contributed by atoms with van der Waals surface area (Å²) in [4.78, 5) is 15.8. The highest BCUT2D eigenvalue weighted by atomic mass is 16.1. The van der Waals surface area contributed by atoms with E-state index in [1.807, 2.05) is 0 Å². The number of carbonyl (C=O) groups is 1. The van der Waals surface area contributed by atoms with Crippen molar-refractivity contribution in [3.05, 3.63) is 12.2 Å². The van der Waals surface area contributed by atoms with E-state index in [9.17, 15) is 4.79 Å². The summed E-state index contributed by atoms with van der Waals surface area (Å²) >= 11 is 0. The maximum absolute atomic E-state index is 11.1. The van der Waals surface area contributed by atoms with Crippen molar-refractivity contribution in [3.63, 3.8) is 0 Å². The molecule has 0 spiro atoms. The number of quaternary nitrogens is 1. The Morgan fingerprint density at radius 2 is 2.09 bits per heavy atom. The molecule has 0 radical (unpaired) electrons. The number of hydrogen-bond acceptors (Lipinski definition) is 2. The molecular formula is C18H34N3O+. The van der Waals surface area contributed by atoms with Crippen LogP contribution >= 0.6 is 0 Å². The van der Waals surface area contributed by atoms with Crippen molar-refractivity contribution < 1.29 is 9.28 Å². The number of nitrogens with one attached hydrogen (secondary N) is 1. The number of hydrogen-bond donors (Lipinski definition) is 1. The molecule has 1 rings (SSSR count). The second kappa shape index (κ2) is 10.5. The Labute approximate surface area is 136 Å². The fourth-order valence-corrected chi connectivity index (χ4v) is 3.13. The molecule has 0 aromatic heterocycles. The van der Waals surface area contributed by atoms with Gasteiger partial charge in [0.1, 0.15) is 6.54 Å². The molecular weight excluding hydrogens is 274 g/mol. The van der Waals surface area contributed by atoms with Gasteiger partial charge in [-0.05, 0) is 32.6 Å². The summed E-state index contributed by atoms with van der Waals surface area (Å²) in [7, 11) is 0. The highest BCUT2D eigenvalue weighted by Crippen LogP contribution is 2.23. The highest BCUT2D eigenvalue weighted by molar-refractivity contribution is 5.72. The van der Waals surface area contributed by atoms with Crippen LogP contribution in [0, 0.1) is 0 Å². The van der Waals surface area contributed by atoms with Gasteiger partial charge in [-0.1, -0.05) is 25.5 Å². The fourth-order valence-electron chi connectivity index (χ4n) is 3.13. The number of carbonyl (C=O) groups excluding carboxylic acids is 1. The second-order valence-corrected chi connectivity index (χ2v) is 6.28. The third-order valence-electron chi connectivity index (χ3n) is 4.62. The standard InChI is InChI=1S/C18H33N3O/c1-4-6-7-8-9-10-11-12-18-20-14-16-21(18,5-2)15-13-19-17(3)22/h7-8,14,18H,4-6,9-13,15-16H2,1-3H3/p+1/b8-7+. The van der Waals surface area contributed by atoms with Crippen molar-refractivity contribution in [2.45, 2.75) is 65.5 Å². The third-order valence-corrected chi connectivity index (χ3v) is 4.62. The molecule has 0 fully saturated rings. The van der Waals surface area contributed by atoms with Crippen molar-refractivity contribution in [2.75, 3.05) is 26.2 Å². The Morgan fingerprint density at radius 1 is 1.32 bits per heavy atom. The van der Waals surface area contributed by atoms with Crippen molar-refractivity contribution in [1.29, 1.82) is 0 Å². The SMILES string of the molecule is CCC/C=C/CCCCC1N=CC[N+]1(CC)CCNC(C)=O. The first-order valence-corrected chi connectivity index (χ1v) is 8.91. The molecule has 4 heteroatoms. The molecule has 0 aromatic carbocycles. The zero-order valence-corrected chi connectivity index (χ0v) is 14.7. The molecule has 4 nitrogen and oxygen atoms in total. The Morgan fingerprint density at radius 3 is 2.77 bits per heavy atom. The zero-order valence-electron chi connectivity index (χ0n) is 14.7. The van der Waals surface area contributed by atoms with Gasteiger partial charge in [-0.15, -0.1) is 0 Å². The first-order valence-electron chi connectivity index (χ1n) is 8.91. The summed E-state index contributed by atoms with van der Waals surface area (Å²) in [5.74, 6) is 0.0600. The third kappa shape index (κ3) is 6.30. The van der Waals surface area contributed by atoms with Crippen LogP contribution in [0.25, 0.3) is 0 Å². The van der Waals surface area contributed by atoms with Crippen molar-refractivity contribution in [2.24, 2.45) is 4.99 Å². The van der Waals surface area contributed by atoms with Crippen LogP contribution in [-0.2, 0) is 4.79 Å². The lowest BCUT2D eigenvalue weighted by Gasteiger charge is -2.38. The van der Waals surface area contributed by atoms with E-state index in [0.717, 1.165) is 37.1 Å². The average molecular weight is 308 g/mol. The summed E-state index contributed by atoms with van der Waals surface area (Å²) in [5, 5.41) is 2.93. The van der Waals surface area contributed by atoms with E-state index in [2.05, 4.69) is 37.5 Å². The summed E-state index contributed by atoms with van der Waals surface area (Å²) in [6.07, 6.45) is 14.4. The Balaban J connectivity index is 2.33. The van der Waals surface area contributed by atoms with Crippen LogP contribution in [0.1, 0.15) is 59.3 Å². The molecule has 0 saturated heterocycles. The summed E-state index contributed by atoms with van der Waals surface area (Å²) in [6, 6.07) is 0. The maximum Gasteiger partial charge on any atom is 0.217 e. The molecule has 1 heterocycles. The van der Waals surface area contributed by atoms with Crippen LogP contribution in [0.15, 0.2) is 17.1 Å². The Kier molecular flexibility index (Phi) is 9.05. The second-order valence-electron chi connectivity index (χ2n) is 6.28. The quantitative estimate of drug-likeness (QED) is 0.355. The van der Waals surface area contributed by atoms with Gasteiger partial charge in [0.05, 0.1) is 25.8 Å². The lowest BCUT2D eigenvalue weighted by molar-refractivity contribution is -0.935.